The number of nitro benzene ring substituents is 1. The summed E-state index contributed by atoms with van der Waals surface area (Å²) < 4.78 is 29.6. The molecular weight excluding hydrogens is 396 g/mol. The monoisotopic (exact) mass is 418 g/mol. The Morgan fingerprint density at radius 1 is 1.17 bits per heavy atom. The van der Waals surface area contributed by atoms with Gasteiger partial charge in [-0.15, -0.1) is 0 Å². The normalized spacial score (nSPS) is 13.9. The molecule has 1 heterocycles. The number of ether oxygens (including phenoxy) is 1. The van der Waals surface area contributed by atoms with Gasteiger partial charge in [-0.05, 0) is 49.6 Å². The van der Waals surface area contributed by atoms with Gasteiger partial charge in [-0.25, -0.2) is 8.42 Å². The molecule has 2 aromatic rings. The van der Waals surface area contributed by atoms with Crippen LogP contribution in [0.1, 0.15) is 35.3 Å². The van der Waals surface area contributed by atoms with Crippen LogP contribution in [0.4, 0.5) is 5.69 Å². The quantitative estimate of drug-likeness (QED) is 0.546. The summed E-state index contributed by atoms with van der Waals surface area (Å²) in [6.07, 6.45) is 1.44. The van der Waals surface area contributed by atoms with E-state index in [0.717, 1.165) is 11.8 Å². The predicted molar refractivity (Wildman–Crippen MR) is 107 cm³/mol. The highest BCUT2D eigenvalue weighted by atomic mass is 32.2. The van der Waals surface area contributed by atoms with Crippen molar-refractivity contribution in [3.8, 4) is 5.75 Å². The van der Waals surface area contributed by atoms with Crippen molar-refractivity contribution in [2.45, 2.75) is 37.8 Å². The molecule has 1 aliphatic heterocycles. The fourth-order valence-corrected chi connectivity index (χ4v) is 3.91. The number of hydrogen-bond donors (Lipinski definition) is 0. The largest absolute Gasteiger partial charge is 0.490 e. The maximum Gasteiger partial charge on any atom is 0.269 e. The Kier molecular flexibility index (Phi) is 5.61. The molecule has 0 N–H and O–H groups in total. The van der Waals surface area contributed by atoms with Crippen LogP contribution in [0.15, 0.2) is 41.3 Å². The average molecular weight is 418 g/mol. The van der Waals surface area contributed by atoms with E-state index in [1.165, 1.54) is 30.3 Å². The third kappa shape index (κ3) is 4.56. The van der Waals surface area contributed by atoms with Crippen molar-refractivity contribution in [3.05, 3.63) is 63.2 Å². The zero-order chi connectivity index (χ0) is 21.3. The number of hydrogen-bond acceptors (Lipinski definition) is 6. The summed E-state index contributed by atoms with van der Waals surface area (Å²) in [5.74, 6) is -0.0643. The maximum atomic E-state index is 13.2. The number of nitro groups is 1. The number of fused-ring (bicyclic) bond motifs is 1. The molecule has 0 saturated carbocycles. The first-order valence-corrected chi connectivity index (χ1v) is 11.0. The fourth-order valence-electron chi connectivity index (χ4n) is 3.26. The van der Waals surface area contributed by atoms with Crippen LogP contribution >= 0.6 is 0 Å². The lowest BCUT2D eigenvalue weighted by atomic mass is 9.98. The molecule has 0 aromatic heterocycles. The molecule has 0 radical (unpaired) electrons. The van der Waals surface area contributed by atoms with E-state index >= 15 is 0 Å². The Hall–Kier alpha value is -2.94. The van der Waals surface area contributed by atoms with Crippen LogP contribution in [-0.4, -0.2) is 43.1 Å². The van der Waals surface area contributed by atoms with Crippen molar-refractivity contribution in [1.82, 2.24) is 4.90 Å². The van der Waals surface area contributed by atoms with E-state index in [4.69, 9.17) is 4.74 Å². The van der Waals surface area contributed by atoms with E-state index in [1.807, 2.05) is 13.8 Å². The SMILES string of the molecule is CC(C)Oc1ccc(S(C)(=O)=O)cc1C(=O)N1CCc2ccc([N+](=O)[O-])cc2C1. The van der Waals surface area contributed by atoms with Gasteiger partial charge in [-0.2, -0.15) is 0 Å². The van der Waals surface area contributed by atoms with Gasteiger partial charge in [0.25, 0.3) is 11.6 Å². The highest BCUT2D eigenvalue weighted by Gasteiger charge is 2.27. The molecule has 1 aliphatic rings. The van der Waals surface area contributed by atoms with Crippen LogP contribution in [0.5, 0.6) is 5.75 Å². The van der Waals surface area contributed by atoms with Gasteiger partial charge in [-0.1, -0.05) is 6.07 Å². The first-order valence-electron chi connectivity index (χ1n) is 9.12. The van der Waals surface area contributed by atoms with E-state index in [-0.39, 0.29) is 34.7 Å². The van der Waals surface area contributed by atoms with Gasteiger partial charge in [-0.3, -0.25) is 14.9 Å². The molecule has 8 nitrogen and oxygen atoms in total. The molecule has 0 saturated heterocycles. The number of carbonyl (C=O) groups is 1. The van der Waals surface area contributed by atoms with Crippen molar-refractivity contribution >= 4 is 21.4 Å². The van der Waals surface area contributed by atoms with Crippen LogP contribution in [-0.2, 0) is 22.8 Å². The van der Waals surface area contributed by atoms with Gasteiger partial charge in [0.2, 0.25) is 0 Å². The molecule has 0 spiro atoms. The van der Waals surface area contributed by atoms with E-state index in [9.17, 15) is 23.3 Å². The second kappa shape index (κ2) is 7.82. The molecule has 29 heavy (non-hydrogen) atoms. The lowest BCUT2D eigenvalue weighted by Gasteiger charge is -2.29. The second-order valence-electron chi connectivity index (χ2n) is 7.28. The summed E-state index contributed by atoms with van der Waals surface area (Å²) in [5, 5.41) is 11.1. The number of amides is 1. The Morgan fingerprint density at radius 2 is 1.90 bits per heavy atom. The van der Waals surface area contributed by atoms with Crippen LogP contribution in [0, 0.1) is 10.1 Å². The minimum atomic E-state index is -3.50. The van der Waals surface area contributed by atoms with E-state index in [2.05, 4.69) is 0 Å². The zero-order valence-electron chi connectivity index (χ0n) is 16.4. The van der Waals surface area contributed by atoms with Crippen molar-refractivity contribution in [2.75, 3.05) is 12.8 Å². The topological polar surface area (TPSA) is 107 Å². The number of non-ortho nitro benzene ring substituents is 1. The smallest absolute Gasteiger partial charge is 0.269 e. The summed E-state index contributed by atoms with van der Waals surface area (Å²) in [6.45, 7) is 4.26. The third-order valence-electron chi connectivity index (χ3n) is 4.67. The molecule has 9 heteroatoms. The predicted octanol–water partition coefficient (Wildman–Crippen LogP) is 2.98. The molecule has 3 rings (SSSR count). The van der Waals surface area contributed by atoms with Crippen molar-refractivity contribution < 1.29 is 22.9 Å². The molecule has 0 bridgehead atoms. The van der Waals surface area contributed by atoms with Crippen molar-refractivity contribution in [2.24, 2.45) is 0 Å². The fraction of sp³-hybridized carbons (Fsp3) is 0.350. The summed E-state index contributed by atoms with van der Waals surface area (Å²) >= 11 is 0. The van der Waals surface area contributed by atoms with E-state index in [0.29, 0.717) is 24.3 Å². The first kappa shape index (κ1) is 20.8. The van der Waals surface area contributed by atoms with E-state index < -0.39 is 14.8 Å². The second-order valence-corrected chi connectivity index (χ2v) is 9.30. The van der Waals surface area contributed by atoms with Gasteiger partial charge < -0.3 is 9.64 Å². The van der Waals surface area contributed by atoms with Crippen LogP contribution < -0.4 is 4.74 Å². The third-order valence-corrected chi connectivity index (χ3v) is 5.78. The minimum absolute atomic E-state index is 0.0269. The van der Waals surface area contributed by atoms with Crippen LogP contribution in [0.25, 0.3) is 0 Å². The van der Waals surface area contributed by atoms with Gasteiger partial charge in [0.05, 0.1) is 21.5 Å². The summed E-state index contributed by atoms with van der Waals surface area (Å²) in [7, 11) is -3.50. The lowest BCUT2D eigenvalue weighted by molar-refractivity contribution is -0.385. The van der Waals surface area contributed by atoms with Gasteiger partial charge in [0, 0.05) is 31.5 Å². The zero-order valence-corrected chi connectivity index (χ0v) is 17.2. The molecular formula is C20H22N2O6S. The standard InChI is InChI=1S/C20H22N2O6S/c1-13(2)28-19-7-6-17(29(3,26)27)11-18(19)20(23)21-9-8-14-4-5-16(22(24)25)10-15(14)12-21/h4-7,10-11,13H,8-9,12H2,1-3H3. The highest BCUT2D eigenvalue weighted by molar-refractivity contribution is 7.90. The molecule has 1 amide bonds. The summed E-state index contributed by atoms with van der Waals surface area (Å²) in [6, 6.07) is 8.89. The molecule has 154 valence electrons. The maximum absolute atomic E-state index is 13.2. The van der Waals surface area contributed by atoms with Crippen LogP contribution in [0.2, 0.25) is 0 Å². The Morgan fingerprint density at radius 3 is 2.52 bits per heavy atom. The van der Waals surface area contributed by atoms with Gasteiger partial charge >= 0.3 is 0 Å². The number of carbonyl (C=O) groups excluding carboxylic acids is 1. The molecule has 0 fully saturated rings. The highest BCUT2D eigenvalue weighted by Crippen LogP contribution is 2.29. The number of nitrogens with zero attached hydrogens (tertiary/aromatic N) is 2. The molecule has 0 atom stereocenters. The molecule has 0 unspecified atom stereocenters. The van der Waals surface area contributed by atoms with Gasteiger partial charge in [0.15, 0.2) is 9.84 Å². The Bertz CT molecular complexity index is 1080. The molecule has 2 aromatic carbocycles. The number of benzene rings is 2. The lowest BCUT2D eigenvalue weighted by Crippen LogP contribution is -2.36. The Balaban J connectivity index is 1.97. The summed E-state index contributed by atoms with van der Waals surface area (Å²) in [5.41, 5.74) is 1.81. The number of rotatable bonds is 5. The van der Waals surface area contributed by atoms with Gasteiger partial charge in [0.1, 0.15) is 5.75 Å². The minimum Gasteiger partial charge on any atom is -0.490 e. The first-order chi connectivity index (χ1) is 13.6. The van der Waals surface area contributed by atoms with E-state index in [1.54, 1.807) is 11.0 Å². The average Bonchev–Trinajstić information content (AvgIpc) is 2.65. The Labute approximate surface area is 169 Å². The summed E-state index contributed by atoms with van der Waals surface area (Å²) in [4.78, 5) is 25.4. The number of sulfone groups is 1. The van der Waals surface area contributed by atoms with Crippen molar-refractivity contribution in [1.29, 1.82) is 0 Å². The van der Waals surface area contributed by atoms with Crippen LogP contribution in [0.3, 0.4) is 0 Å². The van der Waals surface area contributed by atoms with Crippen molar-refractivity contribution in [3.63, 3.8) is 0 Å². The molecule has 0 aliphatic carbocycles.